The van der Waals surface area contributed by atoms with Crippen LogP contribution in [0.1, 0.15) is 35.2 Å². The van der Waals surface area contributed by atoms with Crippen LogP contribution in [0.25, 0.3) is 10.2 Å². The minimum absolute atomic E-state index is 0.287. The van der Waals surface area contributed by atoms with Gasteiger partial charge in [-0.3, -0.25) is 0 Å². The van der Waals surface area contributed by atoms with Gasteiger partial charge in [-0.25, -0.2) is 4.98 Å². The Balaban J connectivity index is 1.88. The molecule has 0 bridgehead atoms. The number of hydrogen-bond acceptors (Lipinski definition) is 3. The summed E-state index contributed by atoms with van der Waals surface area (Å²) in [6, 6.07) is 11.2. The van der Waals surface area contributed by atoms with Gasteiger partial charge in [0.25, 0.3) is 0 Å². The average molecular weight is 296 g/mol. The van der Waals surface area contributed by atoms with E-state index < -0.39 is 0 Å². The summed E-state index contributed by atoms with van der Waals surface area (Å²) in [6.45, 7) is 8.75. The molecular formula is C18H20N2S. The summed E-state index contributed by atoms with van der Waals surface area (Å²) in [5.74, 6) is 0. The van der Waals surface area contributed by atoms with E-state index in [1.54, 1.807) is 11.3 Å². The third-order valence-corrected chi connectivity index (χ3v) is 4.86. The molecule has 3 rings (SSSR count). The lowest BCUT2D eigenvalue weighted by Crippen LogP contribution is -2.09. The van der Waals surface area contributed by atoms with E-state index in [4.69, 9.17) is 0 Å². The van der Waals surface area contributed by atoms with Gasteiger partial charge >= 0.3 is 0 Å². The predicted octanol–water partition coefficient (Wildman–Crippen LogP) is 5.39. The molecule has 0 radical (unpaired) electrons. The SMILES string of the molecule is Cc1cc(C)c(C(C)Nc2ccc3ncsc3c2)cc1C. The van der Waals surface area contributed by atoms with Crippen LogP contribution >= 0.6 is 11.3 Å². The van der Waals surface area contributed by atoms with Gasteiger partial charge in [0.05, 0.1) is 15.7 Å². The summed E-state index contributed by atoms with van der Waals surface area (Å²) in [6.07, 6.45) is 0. The minimum Gasteiger partial charge on any atom is -0.378 e. The van der Waals surface area contributed by atoms with Crippen molar-refractivity contribution >= 4 is 27.2 Å². The maximum Gasteiger partial charge on any atom is 0.0813 e. The van der Waals surface area contributed by atoms with Gasteiger partial charge in [-0.05, 0) is 68.1 Å². The number of fused-ring (bicyclic) bond motifs is 1. The Labute approximate surface area is 129 Å². The maximum atomic E-state index is 4.32. The molecule has 1 unspecified atom stereocenters. The highest BCUT2D eigenvalue weighted by Gasteiger charge is 2.10. The third kappa shape index (κ3) is 2.79. The van der Waals surface area contributed by atoms with Gasteiger partial charge in [-0.15, -0.1) is 11.3 Å². The molecule has 0 aliphatic heterocycles. The van der Waals surface area contributed by atoms with Crippen LogP contribution in [0.2, 0.25) is 0 Å². The Kier molecular flexibility index (Phi) is 3.68. The van der Waals surface area contributed by atoms with Crippen LogP contribution in [-0.4, -0.2) is 4.98 Å². The van der Waals surface area contributed by atoms with Crippen LogP contribution in [-0.2, 0) is 0 Å². The molecule has 3 aromatic rings. The largest absolute Gasteiger partial charge is 0.378 e. The smallest absolute Gasteiger partial charge is 0.0813 e. The van der Waals surface area contributed by atoms with E-state index in [1.807, 2.05) is 5.51 Å². The van der Waals surface area contributed by atoms with Crippen LogP contribution in [0.5, 0.6) is 0 Å². The molecule has 0 saturated heterocycles. The third-order valence-electron chi connectivity index (χ3n) is 4.06. The van der Waals surface area contributed by atoms with Gasteiger partial charge in [0, 0.05) is 11.7 Å². The van der Waals surface area contributed by atoms with Gasteiger partial charge < -0.3 is 5.32 Å². The molecular weight excluding hydrogens is 276 g/mol. The molecule has 108 valence electrons. The Morgan fingerprint density at radius 1 is 1.00 bits per heavy atom. The molecule has 0 amide bonds. The second-order valence-corrected chi connectivity index (χ2v) is 6.58. The zero-order chi connectivity index (χ0) is 15.0. The number of rotatable bonds is 3. The fourth-order valence-electron chi connectivity index (χ4n) is 2.72. The summed E-state index contributed by atoms with van der Waals surface area (Å²) in [5.41, 5.74) is 9.53. The summed E-state index contributed by atoms with van der Waals surface area (Å²) >= 11 is 1.68. The first-order valence-corrected chi connectivity index (χ1v) is 8.10. The van der Waals surface area contributed by atoms with Gasteiger partial charge in [0.1, 0.15) is 0 Å². The van der Waals surface area contributed by atoms with E-state index in [0.717, 1.165) is 11.2 Å². The summed E-state index contributed by atoms with van der Waals surface area (Å²) < 4.78 is 1.23. The molecule has 0 saturated carbocycles. The monoisotopic (exact) mass is 296 g/mol. The molecule has 0 aliphatic carbocycles. The lowest BCUT2D eigenvalue weighted by Gasteiger charge is -2.19. The molecule has 2 aromatic carbocycles. The minimum atomic E-state index is 0.287. The van der Waals surface area contributed by atoms with Gasteiger partial charge in [0.15, 0.2) is 0 Å². The van der Waals surface area contributed by atoms with Crippen molar-refractivity contribution in [3.05, 3.63) is 58.1 Å². The predicted molar refractivity (Wildman–Crippen MR) is 92.3 cm³/mol. The van der Waals surface area contributed by atoms with Crippen molar-refractivity contribution < 1.29 is 0 Å². The number of hydrogen-bond donors (Lipinski definition) is 1. The van der Waals surface area contributed by atoms with Gasteiger partial charge in [-0.2, -0.15) is 0 Å². The number of nitrogens with one attached hydrogen (secondary N) is 1. The van der Waals surface area contributed by atoms with Crippen molar-refractivity contribution in [2.45, 2.75) is 33.7 Å². The van der Waals surface area contributed by atoms with Crippen molar-refractivity contribution in [3.8, 4) is 0 Å². The van der Waals surface area contributed by atoms with Crippen LogP contribution in [0.15, 0.2) is 35.8 Å². The molecule has 0 spiro atoms. The number of aryl methyl sites for hydroxylation is 3. The van der Waals surface area contributed by atoms with Crippen molar-refractivity contribution in [1.29, 1.82) is 0 Å². The summed E-state index contributed by atoms with van der Waals surface area (Å²) in [7, 11) is 0. The normalized spacial score (nSPS) is 12.6. The molecule has 1 heterocycles. The maximum absolute atomic E-state index is 4.32. The first-order valence-electron chi connectivity index (χ1n) is 7.22. The lowest BCUT2D eigenvalue weighted by molar-refractivity contribution is 0.871. The highest BCUT2D eigenvalue weighted by Crippen LogP contribution is 2.27. The number of anilines is 1. The van der Waals surface area contributed by atoms with Gasteiger partial charge in [-0.1, -0.05) is 12.1 Å². The molecule has 1 atom stereocenters. The van der Waals surface area contributed by atoms with E-state index in [9.17, 15) is 0 Å². The Morgan fingerprint density at radius 2 is 1.76 bits per heavy atom. The van der Waals surface area contributed by atoms with Crippen LogP contribution in [0, 0.1) is 20.8 Å². The zero-order valence-electron chi connectivity index (χ0n) is 12.9. The van der Waals surface area contributed by atoms with E-state index in [0.29, 0.717) is 0 Å². The highest BCUT2D eigenvalue weighted by atomic mass is 32.1. The molecule has 0 fully saturated rings. The Morgan fingerprint density at radius 3 is 2.57 bits per heavy atom. The second-order valence-electron chi connectivity index (χ2n) is 5.69. The number of nitrogens with zero attached hydrogens (tertiary/aromatic N) is 1. The van der Waals surface area contributed by atoms with E-state index in [-0.39, 0.29) is 6.04 Å². The molecule has 3 heteroatoms. The first kappa shape index (κ1) is 14.1. The summed E-state index contributed by atoms with van der Waals surface area (Å²) in [4.78, 5) is 4.32. The molecule has 0 aliphatic rings. The first-order chi connectivity index (χ1) is 10.0. The lowest BCUT2D eigenvalue weighted by atomic mass is 9.96. The second kappa shape index (κ2) is 5.49. The van der Waals surface area contributed by atoms with E-state index >= 15 is 0 Å². The van der Waals surface area contributed by atoms with Crippen LogP contribution in [0.4, 0.5) is 5.69 Å². The van der Waals surface area contributed by atoms with Crippen molar-refractivity contribution in [3.63, 3.8) is 0 Å². The quantitative estimate of drug-likeness (QED) is 0.700. The van der Waals surface area contributed by atoms with Crippen LogP contribution < -0.4 is 5.32 Å². The van der Waals surface area contributed by atoms with E-state index in [2.05, 4.69) is 68.3 Å². The number of thiazole rings is 1. The van der Waals surface area contributed by atoms with Crippen molar-refractivity contribution in [2.24, 2.45) is 0 Å². The van der Waals surface area contributed by atoms with Crippen molar-refractivity contribution in [2.75, 3.05) is 5.32 Å². The molecule has 1 N–H and O–H groups in total. The average Bonchev–Trinajstić information content (AvgIpc) is 2.90. The molecule has 2 nitrogen and oxygen atoms in total. The Hall–Kier alpha value is -1.87. The highest BCUT2D eigenvalue weighted by molar-refractivity contribution is 7.16. The summed E-state index contributed by atoms with van der Waals surface area (Å²) in [5, 5.41) is 3.61. The number of benzene rings is 2. The Bertz CT molecular complexity index is 789. The molecule has 1 aromatic heterocycles. The van der Waals surface area contributed by atoms with Gasteiger partial charge in [0.2, 0.25) is 0 Å². The fourth-order valence-corrected chi connectivity index (χ4v) is 3.44. The van der Waals surface area contributed by atoms with Crippen LogP contribution in [0.3, 0.4) is 0 Å². The van der Waals surface area contributed by atoms with E-state index in [1.165, 1.54) is 27.0 Å². The zero-order valence-corrected chi connectivity index (χ0v) is 13.7. The topological polar surface area (TPSA) is 24.9 Å². The molecule has 21 heavy (non-hydrogen) atoms. The fraction of sp³-hybridized carbons (Fsp3) is 0.278. The standard InChI is InChI=1S/C18H20N2S/c1-11-7-13(3)16(8-12(11)2)14(4)20-15-5-6-17-18(9-15)21-10-19-17/h5-10,14,20H,1-4H3. The van der Waals surface area contributed by atoms with Crippen molar-refractivity contribution in [1.82, 2.24) is 4.98 Å². The number of aromatic nitrogens is 1.